The predicted octanol–water partition coefficient (Wildman–Crippen LogP) is 21.4. The highest BCUT2D eigenvalue weighted by Gasteiger charge is 2.19. The zero-order valence-corrected chi connectivity index (χ0v) is 49.0. The van der Waals surface area contributed by atoms with Crippen molar-refractivity contribution in [1.29, 1.82) is 0 Å². The van der Waals surface area contributed by atoms with Gasteiger partial charge in [0.2, 0.25) is 0 Å². The average molecular weight is 1040 g/mol. The van der Waals surface area contributed by atoms with Gasteiger partial charge in [-0.3, -0.25) is 14.4 Å². The number of hydrogen-bond donors (Lipinski definition) is 0. The Bertz CT molecular complexity index is 1520. The number of carbonyl (C=O) groups excluding carboxylic acids is 3. The van der Waals surface area contributed by atoms with E-state index in [0.717, 1.165) is 128 Å². The zero-order chi connectivity index (χ0) is 54.3. The van der Waals surface area contributed by atoms with Crippen molar-refractivity contribution in [2.45, 2.75) is 297 Å². The SMILES string of the molecule is CC/C=C\C/C=C\C/C=C\C/C=C\C/C=C\C/C=C\CCCCCCCCCCC(=O)OCC(COC(=O)CCCCCCCCCCCCC)OC(=O)CCCCCCCC/C=C\C/C=C\C/C=C\CCCCC. The third-order valence-corrected chi connectivity index (χ3v) is 13.3. The Labute approximate surface area is 463 Å². The number of esters is 3. The van der Waals surface area contributed by atoms with Crippen molar-refractivity contribution in [2.75, 3.05) is 13.2 Å². The van der Waals surface area contributed by atoms with Crippen molar-refractivity contribution in [1.82, 2.24) is 0 Å². The number of ether oxygens (including phenoxy) is 3. The van der Waals surface area contributed by atoms with E-state index in [1.54, 1.807) is 0 Å². The zero-order valence-electron chi connectivity index (χ0n) is 49.0. The van der Waals surface area contributed by atoms with Crippen LogP contribution in [0.25, 0.3) is 0 Å². The Hall–Kier alpha value is -3.93. The van der Waals surface area contributed by atoms with Gasteiger partial charge >= 0.3 is 17.9 Å². The number of rotatable bonds is 56. The molecule has 6 heteroatoms. The summed E-state index contributed by atoms with van der Waals surface area (Å²) in [7, 11) is 0. The highest BCUT2D eigenvalue weighted by atomic mass is 16.6. The Balaban J connectivity index is 4.33. The van der Waals surface area contributed by atoms with Crippen molar-refractivity contribution in [3.63, 3.8) is 0 Å². The van der Waals surface area contributed by atoms with Crippen molar-refractivity contribution < 1.29 is 28.6 Å². The molecule has 0 fully saturated rings. The molecule has 0 aromatic rings. The van der Waals surface area contributed by atoms with E-state index in [2.05, 4.69) is 130 Å². The Morgan fingerprint density at radius 1 is 0.280 bits per heavy atom. The molecule has 428 valence electrons. The van der Waals surface area contributed by atoms with E-state index < -0.39 is 6.10 Å². The Kier molecular flexibility index (Phi) is 59.3. The molecule has 0 aliphatic rings. The molecule has 0 saturated carbocycles. The highest BCUT2D eigenvalue weighted by Crippen LogP contribution is 2.15. The molecule has 0 rings (SSSR count). The quantitative estimate of drug-likeness (QED) is 0.0261. The topological polar surface area (TPSA) is 78.9 Å². The molecule has 0 N–H and O–H groups in total. The number of carbonyl (C=O) groups is 3. The van der Waals surface area contributed by atoms with Gasteiger partial charge in [-0.1, -0.05) is 271 Å². The molecule has 75 heavy (non-hydrogen) atoms. The molecule has 0 aromatic carbocycles. The lowest BCUT2D eigenvalue weighted by Gasteiger charge is -2.18. The molecule has 0 aliphatic carbocycles. The first-order chi connectivity index (χ1) is 37.0. The lowest BCUT2D eigenvalue weighted by atomic mass is 10.1. The molecule has 6 nitrogen and oxygen atoms in total. The number of hydrogen-bond acceptors (Lipinski definition) is 6. The van der Waals surface area contributed by atoms with E-state index in [1.165, 1.54) is 122 Å². The smallest absolute Gasteiger partial charge is 0.306 e. The van der Waals surface area contributed by atoms with Crippen LogP contribution in [0, 0.1) is 0 Å². The van der Waals surface area contributed by atoms with E-state index in [0.29, 0.717) is 19.3 Å². The molecule has 0 amide bonds. The van der Waals surface area contributed by atoms with Crippen LogP contribution >= 0.6 is 0 Å². The summed E-state index contributed by atoms with van der Waals surface area (Å²) < 4.78 is 16.9. The van der Waals surface area contributed by atoms with Crippen molar-refractivity contribution in [2.24, 2.45) is 0 Å². The molecule has 0 spiro atoms. The summed E-state index contributed by atoms with van der Waals surface area (Å²) in [5.74, 6) is -0.901. The molecule has 1 atom stereocenters. The highest BCUT2D eigenvalue weighted by molar-refractivity contribution is 5.71. The van der Waals surface area contributed by atoms with Gasteiger partial charge in [-0.2, -0.15) is 0 Å². The molecular weight excluding hydrogens is 925 g/mol. The van der Waals surface area contributed by atoms with Crippen LogP contribution in [0.4, 0.5) is 0 Å². The third kappa shape index (κ3) is 60.8. The largest absolute Gasteiger partial charge is 0.462 e. The third-order valence-electron chi connectivity index (χ3n) is 13.3. The van der Waals surface area contributed by atoms with Crippen LogP contribution in [0.15, 0.2) is 109 Å². The van der Waals surface area contributed by atoms with Gasteiger partial charge in [0, 0.05) is 19.3 Å². The normalized spacial score (nSPS) is 12.8. The first-order valence-corrected chi connectivity index (χ1v) is 31.4. The summed E-state index contributed by atoms with van der Waals surface area (Å²) in [6, 6.07) is 0. The van der Waals surface area contributed by atoms with E-state index in [-0.39, 0.29) is 31.1 Å². The maximum absolute atomic E-state index is 12.9. The summed E-state index contributed by atoms with van der Waals surface area (Å²) >= 11 is 0. The van der Waals surface area contributed by atoms with Crippen molar-refractivity contribution >= 4 is 17.9 Å². The lowest BCUT2D eigenvalue weighted by Crippen LogP contribution is -2.30. The van der Waals surface area contributed by atoms with E-state index >= 15 is 0 Å². The summed E-state index contributed by atoms with van der Waals surface area (Å²) in [5.41, 5.74) is 0. The van der Waals surface area contributed by atoms with E-state index in [4.69, 9.17) is 14.2 Å². The van der Waals surface area contributed by atoms with Gasteiger partial charge in [-0.25, -0.2) is 0 Å². The standard InChI is InChI=1S/C69H116O6/c1-4-7-10-13-16-19-22-24-26-28-30-31-32-33-34-35-36-37-39-40-42-44-47-50-53-56-59-62-68(71)74-65-66(64-73-67(70)61-58-55-52-49-46-21-18-15-12-9-6-3)75-69(72)63-60-57-54-51-48-45-43-41-38-29-27-25-23-20-17-14-11-8-5-2/h7,10,16-17,19-20,24-27,30-31,33-34,36-38,41,66H,4-6,8-9,11-15,18,21-23,28-29,32,35,39-40,42-65H2,1-3H3/b10-7-,19-16-,20-17-,26-24-,27-25-,31-30-,34-33-,37-36-,41-38-. The van der Waals surface area contributed by atoms with E-state index in [1.807, 2.05) is 0 Å². The minimum Gasteiger partial charge on any atom is -0.462 e. The lowest BCUT2D eigenvalue weighted by molar-refractivity contribution is -0.167. The Morgan fingerprint density at radius 3 is 0.840 bits per heavy atom. The van der Waals surface area contributed by atoms with Gasteiger partial charge in [0.15, 0.2) is 6.10 Å². The first-order valence-electron chi connectivity index (χ1n) is 31.4. The molecule has 0 saturated heterocycles. The molecular formula is C69H116O6. The van der Waals surface area contributed by atoms with E-state index in [9.17, 15) is 14.4 Å². The number of unbranched alkanes of at least 4 members (excludes halogenated alkanes) is 27. The summed E-state index contributed by atoms with van der Waals surface area (Å²) in [4.78, 5) is 38.2. The van der Waals surface area contributed by atoms with Crippen LogP contribution in [-0.4, -0.2) is 37.2 Å². The van der Waals surface area contributed by atoms with Crippen LogP contribution in [0.1, 0.15) is 290 Å². The predicted molar refractivity (Wildman–Crippen MR) is 325 cm³/mol. The first kappa shape index (κ1) is 71.1. The molecule has 1 unspecified atom stereocenters. The van der Waals surface area contributed by atoms with Gasteiger partial charge in [0.1, 0.15) is 13.2 Å². The summed E-state index contributed by atoms with van der Waals surface area (Å²) in [6.07, 6.45) is 85.1. The van der Waals surface area contributed by atoms with Crippen LogP contribution in [0.5, 0.6) is 0 Å². The maximum Gasteiger partial charge on any atom is 0.306 e. The second-order valence-corrected chi connectivity index (χ2v) is 20.6. The fourth-order valence-corrected chi connectivity index (χ4v) is 8.57. The van der Waals surface area contributed by atoms with Gasteiger partial charge in [-0.15, -0.1) is 0 Å². The monoisotopic (exact) mass is 1040 g/mol. The van der Waals surface area contributed by atoms with Crippen LogP contribution in [-0.2, 0) is 28.6 Å². The average Bonchev–Trinajstić information content (AvgIpc) is 3.41. The van der Waals surface area contributed by atoms with Gasteiger partial charge in [0.25, 0.3) is 0 Å². The minimum atomic E-state index is -0.789. The number of allylic oxidation sites excluding steroid dienone is 18. The molecule has 0 aromatic heterocycles. The second kappa shape index (κ2) is 62.6. The minimum absolute atomic E-state index is 0.0848. The summed E-state index contributed by atoms with van der Waals surface area (Å²) in [6.45, 7) is 6.49. The van der Waals surface area contributed by atoms with Crippen molar-refractivity contribution in [3.05, 3.63) is 109 Å². The molecule has 0 aliphatic heterocycles. The van der Waals surface area contributed by atoms with Crippen LogP contribution in [0.2, 0.25) is 0 Å². The van der Waals surface area contributed by atoms with Gasteiger partial charge in [0.05, 0.1) is 0 Å². The van der Waals surface area contributed by atoms with Gasteiger partial charge in [-0.05, 0) is 109 Å². The van der Waals surface area contributed by atoms with Crippen molar-refractivity contribution in [3.8, 4) is 0 Å². The summed E-state index contributed by atoms with van der Waals surface area (Å²) in [5, 5.41) is 0. The molecule has 0 radical (unpaired) electrons. The Morgan fingerprint density at radius 2 is 0.520 bits per heavy atom. The van der Waals surface area contributed by atoms with Crippen LogP contribution in [0.3, 0.4) is 0 Å². The second-order valence-electron chi connectivity index (χ2n) is 20.6. The fourth-order valence-electron chi connectivity index (χ4n) is 8.57. The van der Waals surface area contributed by atoms with Gasteiger partial charge < -0.3 is 14.2 Å². The maximum atomic E-state index is 12.9. The fraction of sp³-hybridized carbons (Fsp3) is 0.696. The molecule has 0 bridgehead atoms. The molecule has 0 heterocycles. The van der Waals surface area contributed by atoms with Crippen LogP contribution < -0.4 is 0 Å².